The third kappa shape index (κ3) is 4.36. The summed E-state index contributed by atoms with van der Waals surface area (Å²) < 4.78 is 57.4. The van der Waals surface area contributed by atoms with E-state index in [4.69, 9.17) is 17.3 Å². The molecule has 2 aromatic heterocycles. The smallest absolute Gasteiger partial charge is 0.384 e. The van der Waals surface area contributed by atoms with Crippen LogP contribution in [0.3, 0.4) is 0 Å². The number of amides is 1. The van der Waals surface area contributed by atoms with Gasteiger partial charge in [-0.15, -0.1) is 0 Å². The molecule has 0 bridgehead atoms. The van der Waals surface area contributed by atoms with Crippen molar-refractivity contribution in [2.75, 3.05) is 30.3 Å². The van der Waals surface area contributed by atoms with Crippen molar-refractivity contribution in [2.45, 2.75) is 26.1 Å². The molecule has 0 aliphatic carbocycles. The van der Waals surface area contributed by atoms with Crippen molar-refractivity contribution in [3.05, 3.63) is 53.1 Å². The van der Waals surface area contributed by atoms with E-state index in [9.17, 15) is 18.0 Å². The van der Waals surface area contributed by atoms with Gasteiger partial charge < -0.3 is 15.5 Å². The highest BCUT2D eigenvalue weighted by Crippen LogP contribution is 2.44. The second-order valence-corrected chi connectivity index (χ2v) is 8.66. The largest absolute Gasteiger partial charge is 0.418 e. The predicted octanol–water partition coefficient (Wildman–Crippen LogP) is 4.62. The molecule has 1 aromatic carbocycles. The molecule has 1 fully saturated rings. The average molecular weight is 509 g/mol. The molecule has 2 N–H and O–H groups in total. The summed E-state index contributed by atoms with van der Waals surface area (Å²) in [5, 5.41) is -0.0644. The molecule has 4 rings (SSSR count). The molecule has 0 saturated carbocycles. The first-order valence-electron chi connectivity index (χ1n) is 10.6. The number of hydrogen-bond acceptors (Lipinski definition) is 6. The lowest BCUT2D eigenvalue weighted by molar-refractivity contribution is -0.137. The van der Waals surface area contributed by atoms with Gasteiger partial charge in [-0.2, -0.15) is 13.2 Å². The van der Waals surface area contributed by atoms with Crippen molar-refractivity contribution in [1.82, 2.24) is 19.9 Å². The number of aromatic nitrogens is 3. The fraction of sp³-hybridized carbons (Fsp3) is 0.304. The van der Waals surface area contributed by atoms with Crippen LogP contribution in [-0.4, -0.2) is 51.4 Å². The van der Waals surface area contributed by atoms with Crippen LogP contribution in [-0.2, 0) is 11.0 Å². The lowest BCUT2D eigenvalue weighted by atomic mass is 9.99. The van der Waals surface area contributed by atoms with Gasteiger partial charge in [0.05, 0.1) is 21.8 Å². The van der Waals surface area contributed by atoms with Crippen molar-refractivity contribution in [3.8, 4) is 11.3 Å². The summed E-state index contributed by atoms with van der Waals surface area (Å²) in [6, 6.07) is 2.21. The van der Waals surface area contributed by atoms with E-state index in [2.05, 4.69) is 21.5 Å². The number of carbonyl (C=O) groups is 1. The minimum absolute atomic E-state index is 0.192. The number of piperazine rings is 1. The summed E-state index contributed by atoms with van der Waals surface area (Å²) in [4.78, 5) is 27.6. The van der Waals surface area contributed by atoms with Crippen molar-refractivity contribution in [3.63, 3.8) is 0 Å². The van der Waals surface area contributed by atoms with Gasteiger partial charge in [0.15, 0.2) is 5.82 Å². The van der Waals surface area contributed by atoms with E-state index in [1.165, 1.54) is 19.1 Å². The number of nitrogen functional groups attached to an aromatic ring is 1. The number of pyridine rings is 1. The highest BCUT2D eigenvalue weighted by molar-refractivity contribution is 6.34. The fourth-order valence-electron chi connectivity index (χ4n) is 4.40. The van der Waals surface area contributed by atoms with Crippen molar-refractivity contribution in [2.24, 2.45) is 0 Å². The Bertz CT molecular complexity index is 1350. The number of aryl methyl sites for hydroxylation is 1. The highest BCUT2D eigenvalue weighted by atomic mass is 35.5. The van der Waals surface area contributed by atoms with E-state index in [0.29, 0.717) is 25.5 Å². The molecule has 0 radical (unpaired) electrons. The molecule has 1 saturated heterocycles. The van der Waals surface area contributed by atoms with E-state index in [1.807, 2.05) is 11.8 Å². The minimum Gasteiger partial charge on any atom is -0.384 e. The molecule has 1 aliphatic rings. The number of halogens is 5. The zero-order chi connectivity index (χ0) is 25.7. The first-order chi connectivity index (χ1) is 16.4. The van der Waals surface area contributed by atoms with Crippen LogP contribution in [0.25, 0.3) is 22.2 Å². The first-order valence-corrected chi connectivity index (χ1v) is 11.0. The van der Waals surface area contributed by atoms with Crippen LogP contribution in [0.1, 0.15) is 18.1 Å². The second kappa shape index (κ2) is 8.95. The maximum absolute atomic E-state index is 15.8. The Morgan fingerprint density at radius 2 is 2.00 bits per heavy atom. The summed E-state index contributed by atoms with van der Waals surface area (Å²) in [7, 11) is 0. The third-order valence-corrected chi connectivity index (χ3v) is 6.24. The SMILES string of the molecule is C=CC(=O)N1CCN(c2ncnc3c(F)c(-c4nc(N)cc(C)c4C(F)(F)F)c(Cl)cc23)C(C)C1. The van der Waals surface area contributed by atoms with Gasteiger partial charge in [-0.25, -0.2) is 19.3 Å². The molecular formula is C23H21ClF4N6O. The number of hydrogen-bond donors (Lipinski definition) is 1. The highest BCUT2D eigenvalue weighted by Gasteiger charge is 2.38. The van der Waals surface area contributed by atoms with Crippen LogP contribution in [0.4, 0.5) is 29.2 Å². The number of nitrogens with zero attached hydrogens (tertiary/aromatic N) is 5. The van der Waals surface area contributed by atoms with Crippen LogP contribution in [0.15, 0.2) is 31.1 Å². The quantitative estimate of drug-likeness (QED) is 0.410. The second-order valence-electron chi connectivity index (χ2n) is 8.26. The van der Waals surface area contributed by atoms with Crippen molar-refractivity contribution in [1.29, 1.82) is 0 Å². The first kappa shape index (κ1) is 24.6. The number of anilines is 2. The Morgan fingerprint density at radius 1 is 1.29 bits per heavy atom. The summed E-state index contributed by atoms with van der Waals surface area (Å²) in [6.07, 6.45) is -2.45. The summed E-state index contributed by atoms with van der Waals surface area (Å²) in [5.41, 5.74) is 2.90. The number of rotatable bonds is 3. The molecule has 1 atom stereocenters. The van der Waals surface area contributed by atoms with Crippen LogP contribution in [0.2, 0.25) is 5.02 Å². The van der Waals surface area contributed by atoms with E-state index in [0.717, 1.165) is 12.4 Å². The van der Waals surface area contributed by atoms with Gasteiger partial charge >= 0.3 is 6.18 Å². The summed E-state index contributed by atoms with van der Waals surface area (Å²) in [5.74, 6) is -1.11. The number of alkyl halides is 3. The number of fused-ring (bicyclic) bond motifs is 1. The van der Waals surface area contributed by atoms with Gasteiger partial charge in [0, 0.05) is 31.1 Å². The molecule has 184 valence electrons. The zero-order valence-electron chi connectivity index (χ0n) is 18.8. The van der Waals surface area contributed by atoms with Gasteiger partial charge in [-0.05, 0) is 37.6 Å². The maximum atomic E-state index is 15.8. The van der Waals surface area contributed by atoms with Gasteiger partial charge in [-0.3, -0.25) is 4.79 Å². The van der Waals surface area contributed by atoms with E-state index < -0.39 is 28.8 Å². The molecule has 12 heteroatoms. The maximum Gasteiger partial charge on any atom is 0.418 e. The molecule has 3 aromatic rings. The van der Waals surface area contributed by atoms with Gasteiger partial charge in [0.2, 0.25) is 5.91 Å². The Morgan fingerprint density at radius 3 is 2.63 bits per heavy atom. The minimum atomic E-state index is -4.82. The standard InChI is InChI=1S/C23H21ClF4N6O/c1-4-16(35)33-5-6-34(12(3)9-33)22-13-8-14(24)17(19(25)20(13)30-10-31-22)21-18(23(26,27)28)11(2)7-15(29)32-21/h4,7-8,10,12H,1,5-6,9H2,2-3H3,(H2,29,32). The number of carbonyl (C=O) groups excluding carboxylic acids is 1. The van der Waals surface area contributed by atoms with Crippen LogP contribution >= 0.6 is 11.6 Å². The number of nitrogens with two attached hydrogens (primary N) is 1. The molecule has 35 heavy (non-hydrogen) atoms. The summed E-state index contributed by atoms with van der Waals surface area (Å²) >= 11 is 6.37. The Labute approximate surface area is 203 Å². The van der Waals surface area contributed by atoms with Crippen molar-refractivity contribution < 1.29 is 22.4 Å². The number of benzene rings is 1. The van der Waals surface area contributed by atoms with Crippen molar-refractivity contribution >= 4 is 40.0 Å². The molecule has 1 aliphatic heterocycles. The molecule has 1 unspecified atom stereocenters. The van der Waals surface area contributed by atoms with Crippen LogP contribution in [0.5, 0.6) is 0 Å². The third-order valence-electron chi connectivity index (χ3n) is 5.94. The van der Waals surface area contributed by atoms with Gasteiger partial charge in [0.1, 0.15) is 23.5 Å². The fourth-order valence-corrected chi connectivity index (χ4v) is 4.68. The Kier molecular flexibility index (Phi) is 6.31. The Hall–Kier alpha value is -3.47. The topological polar surface area (TPSA) is 88.2 Å². The van der Waals surface area contributed by atoms with E-state index >= 15 is 4.39 Å². The molecule has 0 spiro atoms. The Balaban J connectivity index is 1.88. The van der Waals surface area contributed by atoms with E-state index in [1.54, 1.807) is 4.90 Å². The monoisotopic (exact) mass is 508 g/mol. The van der Waals surface area contributed by atoms with Gasteiger partial charge in [-0.1, -0.05) is 18.2 Å². The molecule has 1 amide bonds. The lowest BCUT2D eigenvalue weighted by Crippen LogP contribution is -2.53. The van der Waals surface area contributed by atoms with Crippen LogP contribution < -0.4 is 10.6 Å². The zero-order valence-corrected chi connectivity index (χ0v) is 19.6. The predicted molar refractivity (Wildman–Crippen MR) is 125 cm³/mol. The molecular weight excluding hydrogens is 488 g/mol. The average Bonchev–Trinajstić information content (AvgIpc) is 2.77. The lowest BCUT2D eigenvalue weighted by Gasteiger charge is -2.40. The van der Waals surface area contributed by atoms with Gasteiger partial charge in [0.25, 0.3) is 0 Å². The van der Waals surface area contributed by atoms with E-state index in [-0.39, 0.29) is 39.3 Å². The molecule has 7 nitrogen and oxygen atoms in total. The summed E-state index contributed by atoms with van der Waals surface area (Å²) in [6.45, 7) is 7.75. The van der Waals surface area contributed by atoms with Crippen LogP contribution in [0, 0.1) is 12.7 Å². The molecule has 3 heterocycles. The normalized spacial score (nSPS) is 16.6.